The lowest BCUT2D eigenvalue weighted by Gasteiger charge is -2.21. The van der Waals surface area contributed by atoms with E-state index in [1.54, 1.807) is 7.11 Å². The third kappa shape index (κ3) is 2.96. The van der Waals surface area contributed by atoms with E-state index in [2.05, 4.69) is 24.3 Å². The molecule has 2 unspecified atom stereocenters. The monoisotopic (exact) mass is 258 g/mol. The average Bonchev–Trinajstić information content (AvgIpc) is 2.81. The molecular weight excluding hydrogens is 232 g/mol. The predicted molar refractivity (Wildman–Crippen MR) is 79.7 cm³/mol. The first-order chi connectivity index (χ1) is 9.36. The van der Waals surface area contributed by atoms with Gasteiger partial charge in [-0.05, 0) is 48.3 Å². The number of methoxy groups -OCH3 is 1. The van der Waals surface area contributed by atoms with Crippen molar-refractivity contribution in [1.29, 1.82) is 0 Å². The van der Waals surface area contributed by atoms with Gasteiger partial charge in [0.05, 0.1) is 7.11 Å². The Morgan fingerprint density at radius 3 is 1.95 bits per heavy atom. The Bertz CT molecular complexity index is 379. The summed E-state index contributed by atoms with van der Waals surface area (Å²) in [4.78, 5) is 0. The second-order valence-electron chi connectivity index (χ2n) is 6.45. The molecule has 104 valence electrons. The van der Waals surface area contributed by atoms with Crippen LogP contribution in [-0.2, 0) is 0 Å². The quantitative estimate of drug-likeness (QED) is 0.712. The highest BCUT2D eigenvalue weighted by Crippen LogP contribution is 2.47. The molecule has 0 bridgehead atoms. The molecule has 0 N–H and O–H groups in total. The topological polar surface area (TPSA) is 9.23 Å². The Hall–Kier alpha value is -0.980. The van der Waals surface area contributed by atoms with Gasteiger partial charge in [0.2, 0.25) is 0 Å². The van der Waals surface area contributed by atoms with Gasteiger partial charge in [-0.2, -0.15) is 0 Å². The van der Waals surface area contributed by atoms with Gasteiger partial charge in [-0.3, -0.25) is 0 Å². The van der Waals surface area contributed by atoms with Gasteiger partial charge in [-0.1, -0.05) is 50.7 Å². The zero-order valence-corrected chi connectivity index (χ0v) is 12.1. The third-order valence-electron chi connectivity index (χ3n) is 5.33. The van der Waals surface area contributed by atoms with Crippen LogP contribution in [0.25, 0.3) is 0 Å². The largest absolute Gasteiger partial charge is 0.497 e. The van der Waals surface area contributed by atoms with Crippen LogP contribution in [0.4, 0.5) is 0 Å². The van der Waals surface area contributed by atoms with E-state index in [9.17, 15) is 0 Å². The lowest BCUT2D eigenvalue weighted by atomic mass is 9.84. The molecule has 2 aliphatic rings. The van der Waals surface area contributed by atoms with Crippen LogP contribution in [-0.4, -0.2) is 7.11 Å². The van der Waals surface area contributed by atoms with E-state index in [1.165, 1.54) is 56.9 Å². The summed E-state index contributed by atoms with van der Waals surface area (Å²) in [6, 6.07) is 8.80. The van der Waals surface area contributed by atoms with E-state index in [1.807, 2.05) is 0 Å². The van der Waals surface area contributed by atoms with Gasteiger partial charge >= 0.3 is 0 Å². The van der Waals surface area contributed by atoms with Crippen molar-refractivity contribution < 1.29 is 4.74 Å². The summed E-state index contributed by atoms with van der Waals surface area (Å²) in [5.74, 6) is 3.80. The lowest BCUT2D eigenvalue weighted by molar-refractivity contribution is 0.301. The summed E-state index contributed by atoms with van der Waals surface area (Å²) in [7, 11) is 1.74. The molecule has 0 amide bonds. The number of rotatable bonds is 2. The Balaban J connectivity index is 1.68. The summed E-state index contributed by atoms with van der Waals surface area (Å²) in [6.07, 6.45) is 11.7. The molecule has 0 radical (unpaired) electrons. The second-order valence-corrected chi connectivity index (χ2v) is 6.45. The van der Waals surface area contributed by atoms with Crippen LogP contribution in [0.3, 0.4) is 0 Å². The van der Waals surface area contributed by atoms with Gasteiger partial charge in [-0.25, -0.2) is 0 Å². The highest BCUT2D eigenvalue weighted by atomic mass is 16.5. The van der Waals surface area contributed by atoms with Crippen LogP contribution >= 0.6 is 0 Å². The fraction of sp³-hybridized carbons (Fsp3) is 0.667. The number of hydrogen-bond donors (Lipinski definition) is 0. The number of ether oxygens (including phenoxy) is 1. The van der Waals surface area contributed by atoms with Crippen molar-refractivity contribution in [2.45, 2.75) is 57.3 Å². The van der Waals surface area contributed by atoms with E-state index >= 15 is 0 Å². The zero-order chi connectivity index (χ0) is 13.1. The molecule has 3 rings (SSSR count). The molecule has 2 fully saturated rings. The van der Waals surface area contributed by atoms with Crippen LogP contribution < -0.4 is 4.74 Å². The molecule has 0 aromatic heterocycles. The summed E-state index contributed by atoms with van der Waals surface area (Å²) in [5, 5.41) is 0. The molecule has 1 nitrogen and oxygen atoms in total. The molecule has 1 aromatic carbocycles. The average molecular weight is 258 g/mol. The summed E-state index contributed by atoms with van der Waals surface area (Å²) in [5.41, 5.74) is 1.53. The first kappa shape index (κ1) is 13.0. The van der Waals surface area contributed by atoms with Gasteiger partial charge in [0.1, 0.15) is 5.75 Å². The fourth-order valence-corrected chi connectivity index (χ4v) is 4.23. The molecular formula is C18H26O. The van der Waals surface area contributed by atoms with Crippen molar-refractivity contribution in [3.63, 3.8) is 0 Å². The smallest absolute Gasteiger partial charge is 0.118 e. The highest BCUT2D eigenvalue weighted by molar-refractivity contribution is 5.30. The maximum Gasteiger partial charge on any atom is 0.118 e. The molecule has 2 atom stereocenters. The lowest BCUT2D eigenvalue weighted by Crippen LogP contribution is -2.09. The van der Waals surface area contributed by atoms with Crippen molar-refractivity contribution in [2.24, 2.45) is 11.8 Å². The van der Waals surface area contributed by atoms with Gasteiger partial charge in [-0.15, -0.1) is 0 Å². The first-order valence-electron chi connectivity index (χ1n) is 8.01. The van der Waals surface area contributed by atoms with Crippen molar-refractivity contribution >= 4 is 0 Å². The normalized spacial score (nSPS) is 31.3. The molecule has 0 saturated heterocycles. The minimum absolute atomic E-state index is 0.805. The van der Waals surface area contributed by atoms with Gasteiger partial charge in [0.25, 0.3) is 0 Å². The van der Waals surface area contributed by atoms with E-state index in [4.69, 9.17) is 4.74 Å². The van der Waals surface area contributed by atoms with Crippen LogP contribution in [0.15, 0.2) is 24.3 Å². The fourth-order valence-electron chi connectivity index (χ4n) is 4.23. The van der Waals surface area contributed by atoms with E-state index in [0.29, 0.717) is 0 Å². The zero-order valence-electron chi connectivity index (χ0n) is 12.1. The molecule has 19 heavy (non-hydrogen) atoms. The Morgan fingerprint density at radius 2 is 1.42 bits per heavy atom. The van der Waals surface area contributed by atoms with E-state index in [0.717, 1.165) is 23.5 Å². The summed E-state index contributed by atoms with van der Waals surface area (Å²) >= 11 is 0. The number of fused-ring (bicyclic) bond motifs is 1. The Kier molecular flexibility index (Phi) is 4.10. The number of hydrogen-bond acceptors (Lipinski definition) is 1. The van der Waals surface area contributed by atoms with E-state index in [-0.39, 0.29) is 0 Å². The molecule has 2 saturated carbocycles. The SMILES string of the molecule is COc1ccc(C2CC3CCCCCCC3C2)cc1. The van der Waals surface area contributed by atoms with Crippen LogP contribution in [0, 0.1) is 11.8 Å². The molecule has 0 spiro atoms. The Morgan fingerprint density at radius 1 is 0.842 bits per heavy atom. The summed E-state index contributed by atoms with van der Waals surface area (Å²) in [6.45, 7) is 0. The third-order valence-corrected chi connectivity index (χ3v) is 5.33. The summed E-state index contributed by atoms with van der Waals surface area (Å²) < 4.78 is 5.26. The maximum absolute atomic E-state index is 5.26. The highest BCUT2D eigenvalue weighted by Gasteiger charge is 2.34. The van der Waals surface area contributed by atoms with Crippen molar-refractivity contribution in [2.75, 3.05) is 7.11 Å². The predicted octanol–water partition coefficient (Wildman–Crippen LogP) is 5.16. The van der Waals surface area contributed by atoms with Gasteiger partial charge < -0.3 is 4.74 Å². The molecule has 0 aliphatic heterocycles. The first-order valence-corrected chi connectivity index (χ1v) is 8.01. The van der Waals surface area contributed by atoms with E-state index < -0.39 is 0 Å². The standard InChI is InChI=1S/C18H26O/c1-19-18-10-8-14(9-11-18)17-12-15-6-4-2-3-5-7-16(15)13-17/h8-11,15-17H,2-7,12-13H2,1H3. The molecule has 1 aromatic rings. The van der Waals surface area contributed by atoms with Gasteiger partial charge in [0.15, 0.2) is 0 Å². The van der Waals surface area contributed by atoms with Crippen LogP contribution in [0.1, 0.15) is 62.8 Å². The minimum Gasteiger partial charge on any atom is -0.497 e. The molecule has 1 heteroatoms. The molecule has 2 aliphatic carbocycles. The van der Waals surface area contributed by atoms with Crippen LogP contribution in [0.2, 0.25) is 0 Å². The Labute approximate surface area is 117 Å². The van der Waals surface area contributed by atoms with Crippen molar-refractivity contribution in [3.8, 4) is 5.75 Å². The van der Waals surface area contributed by atoms with Crippen molar-refractivity contribution in [3.05, 3.63) is 29.8 Å². The maximum atomic E-state index is 5.26. The van der Waals surface area contributed by atoms with Crippen LogP contribution in [0.5, 0.6) is 5.75 Å². The minimum atomic E-state index is 0.805. The van der Waals surface area contributed by atoms with Crippen molar-refractivity contribution in [1.82, 2.24) is 0 Å². The second kappa shape index (κ2) is 5.98. The van der Waals surface area contributed by atoms with Gasteiger partial charge in [0, 0.05) is 0 Å². The molecule has 0 heterocycles. The number of benzene rings is 1.